The Hall–Kier alpha value is -9.25. The number of fused-ring (bicyclic) bond motifs is 1. The van der Waals surface area contributed by atoms with Gasteiger partial charge in [-0.3, -0.25) is 24.0 Å². The monoisotopic (exact) mass is 1840 g/mol. The number of nitrogens with one attached hydrogen (secondary N) is 5. The summed E-state index contributed by atoms with van der Waals surface area (Å²) in [5, 5.41) is 57.8. The summed E-state index contributed by atoms with van der Waals surface area (Å²) < 4.78 is 117. The number of rotatable bonds is 25. The van der Waals surface area contributed by atoms with E-state index in [9.17, 15) is 74.8 Å². The number of aliphatic hydroxyl groups is 4. The van der Waals surface area contributed by atoms with E-state index < -0.39 is 85.4 Å². The van der Waals surface area contributed by atoms with Crippen LogP contribution in [0.25, 0.3) is 22.4 Å². The van der Waals surface area contributed by atoms with Crippen LogP contribution in [0.3, 0.4) is 0 Å². The molecular weight excluding hydrogens is 1740 g/mol. The summed E-state index contributed by atoms with van der Waals surface area (Å²) in [7, 11) is -4.05. The lowest BCUT2D eigenvalue weighted by Gasteiger charge is -2.36. The van der Waals surface area contributed by atoms with Gasteiger partial charge in [-0.05, 0) is 215 Å². The molecule has 5 aliphatic carbocycles. The van der Waals surface area contributed by atoms with Crippen molar-refractivity contribution < 1.29 is 93.7 Å². The van der Waals surface area contributed by atoms with Crippen LogP contribution in [-0.4, -0.2) is 196 Å². The highest BCUT2D eigenvalue weighted by Gasteiger charge is 2.42. The lowest BCUT2D eigenvalue weighted by molar-refractivity contribution is -0.151. The lowest BCUT2D eigenvalue weighted by atomic mass is 9.79. The normalized spacial score (nSPS) is 22.5. The second-order valence-corrected chi connectivity index (χ2v) is 34.1. The van der Waals surface area contributed by atoms with Crippen LogP contribution in [0.15, 0.2) is 78.6 Å². The molecule has 13 rings (SSSR count). The van der Waals surface area contributed by atoms with Gasteiger partial charge in [0.25, 0.3) is 10.0 Å². The zero-order valence-electron chi connectivity index (χ0n) is 67.9. The van der Waals surface area contributed by atoms with E-state index in [1.807, 2.05) is 6.92 Å². The Kier molecular flexibility index (Phi) is 35.7. The van der Waals surface area contributed by atoms with Gasteiger partial charge in [0.05, 0.1) is 115 Å². The van der Waals surface area contributed by atoms with Gasteiger partial charge >= 0.3 is 23.9 Å². The fraction of sp³-hybridized carbons (Fsp3) is 0.525. The summed E-state index contributed by atoms with van der Waals surface area (Å²) in [5.41, 5.74) is -3.40. The van der Waals surface area contributed by atoms with Crippen LogP contribution >= 0.6 is 58.0 Å². The van der Waals surface area contributed by atoms with Gasteiger partial charge in [0.1, 0.15) is 5.78 Å². The molecule has 0 saturated heterocycles. The highest BCUT2D eigenvalue weighted by molar-refractivity contribution is 7.90. The number of Topliss-reactive ketones (excluding diaryl/α,β-unsaturated/α-hetero) is 1. The summed E-state index contributed by atoms with van der Waals surface area (Å²) in [6, 6.07) is 6.94. The van der Waals surface area contributed by atoms with Crippen molar-refractivity contribution in [1.29, 1.82) is 0 Å². The van der Waals surface area contributed by atoms with Gasteiger partial charge < -0.3 is 66.0 Å². The first-order valence-corrected chi connectivity index (χ1v) is 43.3. The van der Waals surface area contributed by atoms with Crippen molar-refractivity contribution in [3.05, 3.63) is 135 Å². The average molecular weight is 1840 g/mol. The van der Waals surface area contributed by atoms with Crippen LogP contribution in [0.2, 0.25) is 26.2 Å². The van der Waals surface area contributed by atoms with Crippen LogP contribution < -0.4 is 26.6 Å². The predicted octanol–water partition coefficient (Wildman–Crippen LogP) is 14.0. The standard InChI is InChI=1S/C28H29ClFN5O5S.3C14H19ClFN3O3.C10H11ClFN3O/c1-3-40-24(36)13-28(37)10-4-5-19(12-28)33-26-23(30)15-31-25(34-26)22-16-35(27-21(22)11-18(29)14-32-27)41(38,39)20-8-6-17(2)7-9-20;3*1-2-22-11(20)7-14(21)5-3-4-9(6-14)18-12-10(16)8-17-13(15)19-12;11-10-13-5-8(12)9(15-10)14-6-2-1-3-7(16)4-6/h6-9,11,14-16,19,37H,3-5,10,12-13H2,1-2H3,(H,31,33,34);3*8-9,21H,2-7H2,1H3,(H,17,18,19);5-6H,1-4H2,(H,13,14,15)/t19?,28-;3*9?,14-;/m0100./s1. The fourth-order valence-electron chi connectivity index (χ4n) is 15.2. The quantitative estimate of drug-likeness (QED) is 0.0111. The average Bonchev–Trinajstić information content (AvgIpc) is 1.60. The third kappa shape index (κ3) is 29.4. The highest BCUT2D eigenvalue weighted by Crippen LogP contribution is 2.40. The first-order valence-electron chi connectivity index (χ1n) is 40.0. The number of halogens is 10. The number of carbonyl (C=O) groups excluding carboxylic acids is 5. The minimum atomic E-state index is -4.05. The van der Waals surface area contributed by atoms with Crippen molar-refractivity contribution in [2.45, 2.75) is 246 Å². The number of hydrogen-bond acceptors (Lipinski definition) is 31. The Balaban J connectivity index is 0.000000182. The molecule has 9 N–H and O–H groups in total. The van der Waals surface area contributed by atoms with Crippen molar-refractivity contribution in [2.24, 2.45) is 0 Å². The molecule has 0 amide bonds. The zero-order chi connectivity index (χ0) is 89.4. The zero-order valence-corrected chi connectivity index (χ0v) is 72.5. The minimum Gasteiger partial charge on any atom is -0.466 e. The Morgan fingerprint density at radius 1 is 0.463 bits per heavy atom. The van der Waals surface area contributed by atoms with Gasteiger partial charge in [0, 0.05) is 66.4 Å². The van der Waals surface area contributed by atoms with E-state index in [0.717, 1.165) is 72.6 Å². The summed E-state index contributed by atoms with van der Waals surface area (Å²) in [6.45, 7) is 9.76. The number of nitrogens with zero attached hydrogens (tertiary/aromatic N) is 12. The van der Waals surface area contributed by atoms with Crippen LogP contribution in [0.1, 0.15) is 187 Å². The Morgan fingerprint density at radius 3 is 1.11 bits per heavy atom. The molecule has 7 heterocycles. The molecule has 43 heteroatoms. The van der Waals surface area contributed by atoms with E-state index in [-0.39, 0.29) is 172 Å². The molecule has 0 spiro atoms. The van der Waals surface area contributed by atoms with Crippen LogP contribution in [0.5, 0.6) is 0 Å². The topological polar surface area (TPSA) is 444 Å². The summed E-state index contributed by atoms with van der Waals surface area (Å²) in [5.74, 6) is -4.65. The molecule has 5 unspecified atom stereocenters. The maximum absolute atomic E-state index is 14.9. The van der Waals surface area contributed by atoms with Gasteiger partial charge in [-0.25, -0.2) is 69.2 Å². The van der Waals surface area contributed by atoms with Crippen LogP contribution in [-0.2, 0) is 52.9 Å². The number of aromatic nitrogens is 12. The molecule has 0 bridgehead atoms. The molecule has 5 aliphatic rings. The van der Waals surface area contributed by atoms with Crippen molar-refractivity contribution >= 4 is 138 Å². The third-order valence-corrected chi connectivity index (χ3v) is 23.2. The largest absolute Gasteiger partial charge is 0.466 e. The van der Waals surface area contributed by atoms with E-state index in [4.69, 9.17) is 77.0 Å². The summed E-state index contributed by atoms with van der Waals surface area (Å²) in [4.78, 5) is 100. The van der Waals surface area contributed by atoms with Crippen LogP contribution in [0.4, 0.5) is 51.0 Å². The summed E-state index contributed by atoms with van der Waals surface area (Å²) >= 11 is 28.7. The molecule has 9 atom stereocenters. The van der Waals surface area contributed by atoms with Gasteiger partial charge in [0.15, 0.2) is 69.6 Å². The summed E-state index contributed by atoms with van der Waals surface area (Å²) in [6.07, 6.45) is 18.7. The van der Waals surface area contributed by atoms with E-state index >= 15 is 0 Å². The molecular formula is C80H97Cl5F5N17O15S. The van der Waals surface area contributed by atoms with Crippen molar-refractivity contribution in [3.8, 4) is 11.4 Å². The maximum atomic E-state index is 14.9. The Bertz CT molecular complexity index is 4870. The Labute approximate surface area is 731 Å². The van der Waals surface area contributed by atoms with E-state index in [1.165, 1.54) is 24.5 Å². The van der Waals surface area contributed by atoms with E-state index in [2.05, 4.69) is 81.4 Å². The molecule has 32 nitrogen and oxygen atoms in total. The maximum Gasteiger partial charge on any atom is 0.308 e. The van der Waals surface area contributed by atoms with E-state index in [0.29, 0.717) is 95.3 Å². The number of hydrogen-bond donors (Lipinski definition) is 9. The number of aryl methyl sites for hydroxylation is 1. The number of pyridine rings is 1. The van der Waals surface area contributed by atoms with Gasteiger partial charge in [-0.15, -0.1) is 0 Å². The number of ketones is 1. The molecule has 1 aromatic carbocycles. The number of ether oxygens (including phenoxy) is 4. The molecule has 0 aliphatic heterocycles. The third-order valence-electron chi connectivity index (χ3n) is 20.6. The SMILES string of the molecule is CCOC(=O)C[C@@]1(O)CCCC(Nc2nc(Cl)ncc2F)C1.CCOC(=O)C[C@]1(O)CCCC(Nc2nc(-c3cn(S(=O)(=O)c4ccc(C)cc4)c4ncc(Cl)cc34)ncc2F)C1.CCOC(=O)C[C@]1(O)CCCC(Nc2nc(Cl)ncc2F)C1.CCOC(=O)C[C@]1(O)CCCC(Nc2nc(Cl)ncc2F)C1.O=C1CCCC(Nc2nc(Cl)ncc2F)C1. The minimum absolute atomic E-state index is 0.00499. The fourth-order valence-corrected chi connectivity index (χ4v) is 17.2. The van der Waals surface area contributed by atoms with Crippen molar-refractivity contribution in [2.75, 3.05) is 53.0 Å². The van der Waals surface area contributed by atoms with Gasteiger partial charge in [-0.2, -0.15) is 19.9 Å². The molecule has 5 fully saturated rings. The predicted molar refractivity (Wildman–Crippen MR) is 447 cm³/mol. The van der Waals surface area contributed by atoms with Crippen molar-refractivity contribution in [1.82, 2.24) is 58.8 Å². The molecule has 5 saturated carbocycles. The highest BCUT2D eigenvalue weighted by atomic mass is 35.5. The second kappa shape index (κ2) is 45.1. The van der Waals surface area contributed by atoms with E-state index in [1.54, 1.807) is 45.9 Å². The Morgan fingerprint density at radius 2 is 0.780 bits per heavy atom. The first-order chi connectivity index (χ1) is 58.4. The second-order valence-electron chi connectivity index (χ2n) is 30.5. The van der Waals surface area contributed by atoms with Gasteiger partial charge in [0.2, 0.25) is 21.1 Å². The first kappa shape index (κ1) is 97.6. The molecule has 668 valence electrons. The molecule has 123 heavy (non-hydrogen) atoms. The molecule has 8 aromatic rings. The van der Waals surface area contributed by atoms with Gasteiger partial charge in [-0.1, -0.05) is 29.3 Å². The number of carbonyl (C=O) groups is 5. The number of esters is 4. The molecule has 0 radical (unpaired) electrons. The smallest absolute Gasteiger partial charge is 0.308 e. The lowest BCUT2D eigenvalue weighted by Crippen LogP contribution is -2.42. The number of benzene rings is 1. The number of anilines is 5. The molecule has 7 aromatic heterocycles. The van der Waals surface area contributed by atoms with Crippen molar-refractivity contribution in [3.63, 3.8) is 0 Å². The van der Waals surface area contributed by atoms with Crippen LogP contribution in [0, 0.1) is 36.0 Å².